The fourth-order valence-corrected chi connectivity index (χ4v) is 4.27. The molecule has 0 bridgehead atoms. The van der Waals surface area contributed by atoms with Gasteiger partial charge in [-0.2, -0.15) is 0 Å². The molecule has 0 aromatic heterocycles. The third-order valence-electron chi connectivity index (χ3n) is 4.87. The number of hydrogen-bond donors (Lipinski definition) is 0. The van der Waals surface area contributed by atoms with Crippen molar-refractivity contribution in [2.45, 2.75) is 63.1 Å². The third-order valence-corrected chi connectivity index (χ3v) is 6.01. The second-order valence-corrected chi connectivity index (χ2v) is 9.12. The SMILES string of the molecule is C[C@@H](OC(=O)c1ccc(S(C)(=O)=O)c([N+](=O)[O-])c1)C(=O)N1[C@@H](C)CCC[C@@H]1C. The van der Waals surface area contributed by atoms with Crippen LogP contribution in [0.3, 0.4) is 0 Å². The lowest BCUT2D eigenvalue weighted by Gasteiger charge is -2.40. The number of hydrogen-bond acceptors (Lipinski definition) is 7. The first kappa shape index (κ1) is 21.8. The molecule has 1 aromatic carbocycles. The zero-order valence-electron chi connectivity index (χ0n) is 16.2. The number of rotatable bonds is 5. The highest BCUT2D eigenvalue weighted by Crippen LogP contribution is 2.26. The van der Waals surface area contributed by atoms with Gasteiger partial charge in [0.25, 0.3) is 11.6 Å². The summed E-state index contributed by atoms with van der Waals surface area (Å²) < 4.78 is 28.6. The van der Waals surface area contributed by atoms with Crippen LogP contribution >= 0.6 is 0 Å². The number of esters is 1. The summed E-state index contributed by atoms with van der Waals surface area (Å²) in [4.78, 5) is 36.6. The average molecular weight is 412 g/mol. The molecular weight excluding hydrogens is 388 g/mol. The molecule has 10 heteroatoms. The molecule has 0 unspecified atom stereocenters. The molecule has 0 radical (unpaired) electrons. The van der Waals surface area contributed by atoms with Gasteiger partial charge in [0.1, 0.15) is 4.90 Å². The first-order valence-corrected chi connectivity index (χ1v) is 10.8. The Labute approximate surface area is 163 Å². The molecule has 1 aliphatic heterocycles. The van der Waals surface area contributed by atoms with E-state index >= 15 is 0 Å². The van der Waals surface area contributed by atoms with E-state index in [4.69, 9.17) is 4.74 Å². The predicted molar refractivity (Wildman–Crippen MR) is 101 cm³/mol. The summed E-state index contributed by atoms with van der Waals surface area (Å²) in [5.74, 6) is -1.25. The Morgan fingerprint density at radius 1 is 1.25 bits per heavy atom. The Hall–Kier alpha value is -2.49. The Morgan fingerprint density at radius 3 is 2.32 bits per heavy atom. The van der Waals surface area contributed by atoms with Crippen molar-refractivity contribution >= 4 is 27.4 Å². The Bertz CT molecular complexity index is 887. The van der Waals surface area contributed by atoms with Gasteiger partial charge < -0.3 is 9.64 Å². The van der Waals surface area contributed by atoms with Crippen molar-refractivity contribution in [3.63, 3.8) is 0 Å². The van der Waals surface area contributed by atoms with Crippen molar-refractivity contribution in [3.05, 3.63) is 33.9 Å². The molecule has 0 saturated carbocycles. The number of ether oxygens (including phenoxy) is 1. The van der Waals surface area contributed by atoms with Crippen molar-refractivity contribution in [1.29, 1.82) is 0 Å². The number of benzene rings is 1. The van der Waals surface area contributed by atoms with Crippen LogP contribution in [0.25, 0.3) is 0 Å². The lowest BCUT2D eigenvalue weighted by Crippen LogP contribution is -2.51. The van der Waals surface area contributed by atoms with Crippen LogP contribution in [-0.4, -0.2) is 54.6 Å². The van der Waals surface area contributed by atoms with E-state index in [1.165, 1.54) is 6.92 Å². The van der Waals surface area contributed by atoms with Gasteiger partial charge in [-0.1, -0.05) is 0 Å². The van der Waals surface area contributed by atoms with Gasteiger partial charge in [0.15, 0.2) is 15.9 Å². The maximum absolute atomic E-state index is 12.7. The van der Waals surface area contributed by atoms with E-state index in [9.17, 15) is 28.1 Å². The molecule has 1 aromatic rings. The number of nitro groups is 1. The minimum Gasteiger partial charge on any atom is -0.449 e. The second kappa shape index (κ2) is 8.26. The standard InChI is InChI=1S/C18H24N2O7S/c1-11-6-5-7-12(2)19(11)17(21)13(3)27-18(22)14-8-9-16(28(4,25)26)15(10-14)20(23)24/h8-13H,5-7H2,1-4H3/t11-,12-,13+/m0/s1. The van der Waals surface area contributed by atoms with Crippen molar-refractivity contribution in [2.75, 3.05) is 6.26 Å². The van der Waals surface area contributed by atoms with Gasteiger partial charge in [0, 0.05) is 24.4 Å². The van der Waals surface area contributed by atoms with Crippen LogP contribution in [-0.2, 0) is 19.4 Å². The molecule has 1 amide bonds. The highest BCUT2D eigenvalue weighted by molar-refractivity contribution is 7.90. The van der Waals surface area contributed by atoms with E-state index in [1.807, 2.05) is 13.8 Å². The van der Waals surface area contributed by atoms with Crippen molar-refractivity contribution in [1.82, 2.24) is 4.90 Å². The third kappa shape index (κ3) is 4.67. The van der Waals surface area contributed by atoms with Gasteiger partial charge in [0.2, 0.25) is 0 Å². The smallest absolute Gasteiger partial charge is 0.339 e. The number of nitro benzene ring substituents is 1. The lowest BCUT2D eigenvalue weighted by molar-refractivity contribution is -0.387. The lowest BCUT2D eigenvalue weighted by atomic mass is 9.97. The molecule has 9 nitrogen and oxygen atoms in total. The van der Waals surface area contributed by atoms with Crippen LogP contribution in [0.5, 0.6) is 0 Å². The highest BCUT2D eigenvalue weighted by atomic mass is 32.2. The summed E-state index contributed by atoms with van der Waals surface area (Å²) in [7, 11) is -3.84. The normalized spacial score (nSPS) is 21.1. The van der Waals surface area contributed by atoms with Gasteiger partial charge >= 0.3 is 5.97 Å². The molecule has 0 N–H and O–H groups in total. The molecule has 1 aliphatic rings. The van der Waals surface area contributed by atoms with Crippen LogP contribution in [0, 0.1) is 10.1 Å². The molecule has 154 valence electrons. The van der Waals surface area contributed by atoms with Gasteiger partial charge in [-0.25, -0.2) is 13.2 Å². The van der Waals surface area contributed by atoms with Crippen molar-refractivity contribution < 1.29 is 27.7 Å². The summed E-state index contributed by atoms with van der Waals surface area (Å²) in [5, 5.41) is 11.2. The van der Waals surface area contributed by atoms with Crippen LogP contribution in [0.4, 0.5) is 5.69 Å². The summed E-state index contributed by atoms with van der Waals surface area (Å²) in [6, 6.07) is 3.04. The maximum Gasteiger partial charge on any atom is 0.339 e. The summed E-state index contributed by atoms with van der Waals surface area (Å²) >= 11 is 0. The van der Waals surface area contributed by atoms with Gasteiger partial charge in [0.05, 0.1) is 10.5 Å². The second-order valence-electron chi connectivity index (χ2n) is 7.13. The number of carbonyl (C=O) groups excluding carboxylic acids is 2. The highest BCUT2D eigenvalue weighted by Gasteiger charge is 2.33. The minimum atomic E-state index is -3.84. The first-order valence-electron chi connectivity index (χ1n) is 8.95. The Balaban J connectivity index is 2.21. The van der Waals surface area contributed by atoms with E-state index in [0.717, 1.165) is 43.7 Å². The quantitative estimate of drug-likeness (QED) is 0.413. The molecule has 28 heavy (non-hydrogen) atoms. The number of carbonyl (C=O) groups is 2. The fourth-order valence-electron chi connectivity index (χ4n) is 3.45. The Kier molecular flexibility index (Phi) is 6.43. The molecule has 0 spiro atoms. The van der Waals surface area contributed by atoms with Crippen molar-refractivity contribution in [3.8, 4) is 0 Å². The topological polar surface area (TPSA) is 124 Å². The number of nitrogens with zero attached hydrogens (tertiary/aromatic N) is 2. The molecule has 2 rings (SSSR count). The van der Waals surface area contributed by atoms with E-state index in [1.54, 1.807) is 4.90 Å². The minimum absolute atomic E-state index is 0.0348. The molecular formula is C18H24N2O7S. The van der Waals surface area contributed by atoms with Gasteiger partial charge in [-0.15, -0.1) is 0 Å². The van der Waals surface area contributed by atoms with E-state index in [0.29, 0.717) is 0 Å². The summed E-state index contributed by atoms with van der Waals surface area (Å²) in [5.41, 5.74) is -0.910. The largest absolute Gasteiger partial charge is 0.449 e. The molecule has 1 fully saturated rings. The van der Waals surface area contributed by atoms with Crippen LogP contribution in [0.15, 0.2) is 23.1 Å². The monoisotopic (exact) mass is 412 g/mol. The van der Waals surface area contributed by atoms with Gasteiger partial charge in [-0.05, 0) is 52.2 Å². The number of sulfone groups is 1. The summed E-state index contributed by atoms with van der Waals surface area (Å²) in [6.07, 6.45) is 2.54. The van der Waals surface area contributed by atoms with Gasteiger partial charge in [-0.3, -0.25) is 14.9 Å². The van der Waals surface area contributed by atoms with E-state index in [2.05, 4.69) is 0 Å². The fraction of sp³-hybridized carbons (Fsp3) is 0.556. The van der Waals surface area contributed by atoms with Crippen molar-refractivity contribution in [2.24, 2.45) is 0 Å². The van der Waals surface area contributed by atoms with E-state index < -0.39 is 37.4 Å². The molecule has 3 atom stereocenters. The molecule has 0 aliphatic carbocycles. The van der Waals surface area contributed by atoms with Crippen LogP contribution in [0.1, 0.15) is 50.4 Å². The van der Waals surface area contributed by atoms with Crippen LogP contribution < -0.4 is 0 Å². The zero-order valence-corrected chi connectivity index (χ0v) is 17.1. The number of piperidine rings is 1. The summed E-state index contributed by atoms with van der Waals surface area (Å²) in [6.45, 7) is 5.33. The first-order chi connectivity index (χ1) is 12.9. The Morgan fingerprint density at radius 2 is 1.82 bits per heavy atom. The molecule has 1 heterocycles. The average Bonchev–Trinajstić information content (AvgIpc) is 2.59. The number of likely N-dealkylation sites (tertiary alicyclic amines) is 1. The molecule has 1 saturated heterocycles. The van der Waals surface area contributed by atoms with E-state index in [-0.39, 0.29) is 23.6 Å². The predicted octanol–water partition coefficient (Wildman–Crippen LogP) is 2.33. The maximum atomic E-state index is 12.7. The van der Waals surface area contributed by atoms with Crippen LogP contribution in [0.2, 0.25) is 0 Å². The number of amides is 1. The zero-order chi connectivity index (χ0) is 21.2.